The second kappa shape index (κ2) is 13.6. The first-order chi connectivity index (χ1) is 13.2. The Labute approximate surface area is 169 Å². The lowest BCUT2D eigenvalue weighted by atomic mass is 10.3. The zero-order valence-electron chi connectivity index (χ0n) is 15.6. The normalized spacial score (nSPS) is 9.61. The lowest BCUT2D eigenvalue weighted by Gasteiger charge is -2.06. The van der Waals surface area contributed by atoms with Crippen LogP contribution in [0, 0.1) is 5.39 Å². The monoisotopic (exact) mass is 430 g/mol. The molecule has 154 valence electrons. The average Bonchev–Trinajstić information content (AvgIpc) is 2.64. The molecule has 28 heavy (non-hydrogen) atoms. The summed E-state index contributed by atoms with van der Waals surface area (Å²) < 4.78 is 48.3. The maximum Gasteiger partial charge on any atom is 0.430 e. The van der Waals surface area contributed by atoms with Crippen LogP contribution in [0.2, 0.25) is 0 Å². The fourth-order valence-electron chi connectivity index (χ4n) is 1.72. The molecule has 2 aromatic carbocycles. The standard InChI is InChI=1S/C10H12N2O2S.C7H8O.H2O4S/c1-3-13-8-6-10(15)9(14-4-2)5-7(8)12-11;1-8-7-5-3-2-4-6-7;1-5(2,3)4/h5-6H,3-4H2,1-2H3;2-6H,1H3;(H2,1,2,3,4). The third-order valence-electron chi connectivity index (χ3n) is 2.73. The third kappa shape index (κ3) is 12.0. The summed E-state index contributed by atoms with van der Waals surface area (Å²) in [6, 6.07) is 12.9. The second-order valence-electron chi connectivity index (χ2n) is 4.70. The summed E-state index contributed by atoms with van der Waals surface area (Å²) in [5.41, 5.74) is 0.345. The fourth-order valence-corrected chi connectivity index (χ4v) is 1.96. The van der Waals surface area contributed by atoms with Gasteiger partial charge in [-0.25, -0.2) is 8.42 Å². The van der Waals surface area contributed by atoms with Crippen LogP contribution in [0.4, 0.5) is 5.69 Å². The van der Waals surface area contributed by atoms with Gasteiger partial charge in [0.25, 0.3) is 0 Å². The van der Waals surface area contributed by atoms with Crippen molar-refractivity contribution in [1.29, 1.82) is 5.39 Å². The first kappa shape index (κ1) is 25.5. The van der Waals surface area contributed by atoms with E-state index in [2.05, 4.69) is 17.6 Å². The van der Waals surface area contributed by atoms with Gasteiger partial charge < -0.3 is 18.8 Å². The molecule has 0 bridgehead atoms. The molecular formula is C17H22N2O7S2. The van der Waals surface area contributed by atoms with Crippen LogP contribution in [0.5, 0.6) is 17.2 Å². The zero-order chi connectivity index (χ0) is 21.6. The first-order valence-electron chi connectivity index (χ1n) is 7.91. The highest BCUT2D eigenvalue weighted by atomic mass is 32.3. The molecule has 0 heterocycles. The van der Waals surface area contributed by atoms with Crippen LogP contribution in [-0.4, -0.2) is 37.8 Å². The van der Waals surface area contributed by atoms with Gasteiger partial charge in [-0.1, -0.05) is 18.2 Å². The molecule has 2 rings (SSSR count). The van der Waals surface area contributed by atoms with E-state index in [0.29, 0.717) is 35.3 Å². The second-order valence-corrected chi connectivity index (χ2v) is 6.04. The van der Waals surface area contributed by atoms with Gasteiger partial charge in [0.05, 0.1) is 31.3 Å². The summed E-state index contributed by atoms with van der Waals surface area (Å²) in [6.07, 6.45) is 0. The Hall–Kier alpha value is -2.52. The van der Waals surface area contributed by atoms with Crippen molar-refractivity contribution in [3.05, 3.63) is 47.4 Å². The maximum absolute atomic E-state index is 8.79. The number of para-hydroxylation sites is 1. The average molecular weight is 431 g/mol. The summed E-state index contributed by atoms with van der Waals surface area (Å²) in [7, 11) is -3.25. The molecule has 0 aliphatic carbocycles. The van der Waals surface area contributed by atoms with E-state index >= 15 is 0 Å². The summed E-state index contributed by atoms with van der Waals surface area (Å²) in [6.45, 7) is 4.77. The molecule has 11 heteroatoms. The minimum atomic E-state index is -4.92. The van der Waals surface area contributed by atoms with Gasteiger partial charge in [-0.15, -0.1) is 12.6 Å². The maximum atomic E-state index is 8.79. The van der Waals surface area contributed by atoms with Crippen molar-refractivity contribution in [3.8, 4) is 17.2 Å². The Balaban J connectivity index is 0.000000466. The number of hydrogen-bond donors (Lipinski definition) is 2. The van der Waals surface area contributed by atoms with E-state index in [1.807, 2.05) is 44.2 Å². The van der Waals surface area contributed by atoms with Crippen LogP contribution < -0.4 is 14.2 Å². The van der Waals surface area contributed by atoms with Crippen LogP contribution in [0.1, 0.15) is 13.8 Å². The predicted molar refractivity (Wildman–Crippen MR) is 106 cm³/mol. The highest BCUT2D eigenvalue weighted by Crippen LogP contribution is 2.37. The predicted octanol–water partition coefficient (Wildman–Crippen LogP) is 3.96. The molecule has 0 aliphatic rings. The number of nitrogens with zero attached hydrogens (tertiary/aromatic N) is 2. The number of ether oxygens (including phenoxy) is 3. The van der Waals surface area contributed by atoms with Crippen LogP contribution in [0.15, 0.2) is 47.4 Å². The van der Waals surface area contributed by atoms with E-state index in [1.54, 1.807) is 19.2 Å². The molecule has 0 unspecified atom stereocenters. The Morgan fingerprint density at radius 2 is 1.61 bits per heavy atom. The highest BCUT2D eigenvalue weighted by Gasteiger charge is 2.19. The smallest absolute Gasteiger partial charge is 0.430 e. The quantitative estimate of drug-likeness (QED) is 0.315. The SMILES string of the molecule is CCOc1cc([N+]#N)c(OCC)cc1S.COc1ccccc1.O=S(=O)([O-])O. The van der Waals surface area contributed by atoms with Gasteiger partial charge in [-0.2, -0.15) is 0 Å². The molecule has 9 nitrogen and oxygen atoms in total. The summed E-state index contributed by atoms with van der Waals surface area (Å²) >= 11 is 4.25. The molecule has 1 N–H and O–H groups in total. The van der Waals surface area contributed by atoms with Gasteiger partial charge >= 0.3 is 5.69 Å². The zero-order valence-corrected chi connectivity index (χ0v) is 17.3. The van der Waals surface area contributed by atoms with Gasteiger partial charge in [0.15, 0.2) is 4.98 Å². The molecule has 2 aromatic rings. The number of rotatable bonds is 5. The molecule has 0 fully saturated rings. The highest BCUT2D eigenvalue weighted by molar-refractivity contribution is 7.80. The summed E-state index contributed by atoms with van der Waals surface area (Å²) in [4.78, 5) is 3.79. The minimum absolute atomic E-state index is 0.345. The molecule has 0 radical (unpaired) electrons. The molecule has 0 saturated heterocycles. The van der Waals surface area contributed by atoms with Crippen molar-refractivity contribution in [2.75, 3.05) is 20.3 Å². The van der Waals surface area contributed by atoms with E-state index < -0.39 is 10.4 Å². The number of benzene rings is 2. The van der Waals surface area contributed by atoms with Crippen molar-refractivity contribution < 1.29 is 31.7 Å². The van der Waals surface area contributed by atoms with Gasteiger partial charge in [-0.05, 0) is 26.0 Å². The first-order valence-corrected chi connectivity index (χ1v) is 9.72. The van der Waals surface area contributed by atoms with Crippen molar-refractivity contribution in [2.24, 2.45) is 0 Å². The Morgan fingerprint density at radius 1 is 1.11 bits per heavy atom. The van der Waals surface area contributed by atoms with E-state index in [0.717, 1.165) is 5.75 Å². The third-order valence-corrected chi connectivity index (χ3v) is 3.08. The van der Waals surface area contributed by atoms with Gasteiger partial charge in [0, 0.05) is 6.07 Å². The fraction of sp³-hybridized carbons (Fsp3) is 0.294. The topological polar surface area (TPSA) is 133 Å². The van der Waals surface area contributed by atoms with Gasteiger partial charge in [0.2, 0.25) is 21.5 Å². The number of thiol groups is 1. The van der Waals surface area contributed by atoms with Crippen LogP contribution in [-0.2, 0) is 10.4 Å². The molecule has 0 spiro atoms. The Morgan fingerprint density at radius 3 is 2.00 bits per heavy atom. The largest absolute Gasteiger partial charge is 0.726 e. The molecule has 0 saturated carbocycles. The summed E-state index contributed by atoms with van der Waals surface area (Å²) in [5.74, 6) is 1.98. The lowest BCUT2D eigenvalue weighted by Crippen LogP contribution is -1.95. The molecule has 0 aliphatic heterocycles. The lowest BCUT2D eigenvalue weighted by molar-refractivity contribution is 0.325. The minimum Gasteiger partial charge on any atom is -0.726 e. The van der Waals surface area contributed by atoms with Crippen molar-refractivity contribution in [3.63, 3.8) is 0 Å². The van der Waals surface area contributed by atoms with Crippen molar-refractivity contribution in [2.45, 2.75) is 18.7 Å². The number of methoxy groups -OCH3 is 1. The molecule has 0 aromatic heterocycles. The van der Waals surface area contributed by atoms with Crippen molar-refractivity contribution in [1.82, 2.24) is 0 Å². The van der Waals surface area contributed by atoms with Crippen LogP contribution in [0.25, 0.3) is 4.98 Å². The number of diazo groups is 1. The van der Waals surface area contributed by atoms with Crippen LogP contribution in [0.3, 0.4) is 0 Å². The van der Waals surface area contributed by atoms with E-state index in [4.69, 9.17) is 37.1 Å². The molecule has 0 atom stereocenters. The molecular weight excluding hydrogens is 408 g/mol. The van der Waals surface area contributed by atoms with E-state index in [1.165, 1.54) is 0 Å². The van der Waals surface area contributed by atoms with E-state index in [9.17, 15) is 0 Å². The molecule has 0 amide bonds. The van der Waals surface area contributed by atoms with Crippen LogP contribution >= 0.6 is 12.6 Å². The van der Waals surface area contributed by atoms with Crippen molar-refractivity contribution >= 4 is 28.7 Å². The Kier molecular flexibility index (Phi) is 12.4. The van der Waals surface area contributed by atoms with Gasteiger partial charge in [0.1, 0.15) is 11.5 Å². The van der Waals surface area contributed by atoms with Gasteiger partial charge in [-0.3, -0.25) is 4.55 Å². The Bertz CT molecular complexity index is 846. The van der Waals surface area contributed by atoms with E-state index in [-0.39, 0.29) is 0 Å². The summed E-state index contributed by atoms with van der Waals surface area (Å²) in [5, 5.41) is 8.79. The number of hydrogen-bond acceptors (Lipinski definition) is 8.